The second-order valence-electron chi connectivity index (χ2n) is 4.79. The Morgan fingerprint density at radius 3 is 1.50 bits per heavy atom. The smallest absolute Gasteiger partial charge is 0.0393 e. The van der Waals surface area contributed by atoms with E-state index in [0.29, 0.717) is 17.8 Å². The zero-order chi connectivity index (χ0) is 11.4. The number of hydrogen-bond donors (Lipinski definition) is 0. The van der Waals surface area contributed by atoms with Gasteiger partial charge in [-0.2, -0.15) is 0 Å². The van der Waals surface area contributed by atoms with Gasteiger partial charge in [0.25, 0.3) is 0 Å². The molecule has 0 aromatic heterocycles. The third-order valence-corrected chi connectivity index (χ3v) is 3.22. The van der Waals surface area contributed by atoms with Crippen LogP contribution in [0.2, 0.25) is 0 Å². The Morgan fingerprint density at radius 1 is 0.929 bits per heavy atom. The second kappa shape index (κ2) is 5.11. The van der Waals surface area contributed by atoms with Crippen LogP contribution in [0.5, 0.6) is 0 Å². The highest BCUT2D eigenvalue weighted by molar-refractivity contribution is 5.27. The van der Waals surface area contributed by atoms with Gasteiger partial charge < -0.3 is 0 Å². The Kier molecular flexibility index (Phi) is 4.79. The van der Waals surface area contributed by atoms with Crippen molar-refractivity contribution in [2.24, 2.45) is 23.2 Å². The van der Waals surface area contributed by atoms with Crippen molar-refractivity contribution in [3.63, 3.8) is 0 Å². The molecule has 0 fully saturated rings. The first-order chi connectivity index (χ1) is 6.39. The Labute approximate surface area is 93.9 Å². The first-order valence-corrected chi connectivity index (χ1v) is 5.37. The fraction of sp³-hybridized carbons (Fsp3) is 0.714. The quantitative estimate of drug-likeness (QED) is 0.590. The van der Waals surface area contributed by atoms with E-state index >= 15 is 0 Å². The van der Waals surface area contributed by atoms with Crippen molar-refractivity contribution in [2.75, 3.05) is 0 Å². The lowest BCUT2D eigenvalue weighted by molar-refractivity contribution is 0.123. The molecule has 14 heavy (non-hydrogen) atoms. The molecule has 0 rings (SSSR count). The van der Waals surface area contributed by atoms with Crippen LogP contribution in [0.1, 0.15) is 45.8 Å². The lowest BCUT2D eigenvalue weighted by Crippen LogP contribution is -2.37. The van der Waals surface area contributed by atoms with Gasteiger partial charge in [-0.3, -0.25) is 0 Å². The van der Waals surface area contributed by atoms with Gasteiger partial charge in [0, 0.05) is 9.69 Å². The van der Waals surface area contributed by atoms with E-state index < -0.39 is 0 Å². The summed E-state index contributed by atoms with van der Waals surface area (Å²) < 4.78 is 0. The van der Waals surface area contributed by atoms with Crippen molar-refractivity contribution in [1.82, 2.24) is 0 Å². The maximum atomic E-state index is 5.21. The van der Waals surface area contributed by atoms with Crippen molar-refractivity contribution >= 4 is 0 Å². The fourth-order valence-corrected chi connectivity index (χ4v) is 2.58. The maximum absolute atomic E-state index is 5.21. The van der Waals surface area contributed by atoms with E-state index in [9.17, 15) is 0 Å². The van der Waals surface area contributed by atoms with Gasteiger partial charge in [-0.05, 0) is 29.6 Å². The standard InChI is InChI=1S/C14H22.3H2/c1-8-9-10-14(11(2)3,12(4)5)13(6)7;;;/h1,11-13H,2-7H3;3*1H. The summed E-state index contributed by atoms with van der Waals surface area (Å²) in [5.41, 5.74) is 0.0480. The number of terminal acetylenes is 1. The van der Waals surface area contributed by atoms with E-state index in [2.05, 4.69) is 59.3 Å². The molecule has 0 amide bonds. The molecule has 0 aliphatic rings. The van der Waals surface area contributed by atoms with E-state index in [4.69, 9.17) is 6.42 Å². The van der Waals surface area contributed by atoms with E-state index in [1.165, 1.54) is 0 Å². The Hall–Kier alpha value is -0.880. The summed E-state index contributed by atoms with van der Waals surface area (Å²) >= 11 is 0. The van der Waals surface area contributed by atoms with Crippen molar-refractivity contribution in [2.45, 2.75) is 41.5 Å². The first kappa shape index (κ1) is 13.1. The van der Waals surface area contributed by atoms with Crippen molar-refractivity contribution in [1.29, 1.82) is 0 Å². The molecule has 0 radical (unpaired) electrons. The minimum absolute atomic E-state index is 0. The normalized spacial score (nSPS) is 11.4. The third-order valence-electron chi connectivity index (χ3n) is 3.22. The molecule has 0 aromatic carbocycles. The van der Waals surface area contributed by atoms with E-state index in [1.807, 2.05) is 0 Å². The molecule has 0 atom stereocenters. The molecule has 0 aromatic rings. The molecule has 0 heteroatoms. The lowest BCUT2D eigenvalue weighted by Gasteiger charge is -2.40. The van der Waals surface area contributed by atoms with Gasteiger partial charge in [-0.1, -0.05) is 47.5 Å². The molecule has 0 aliphatic heterocycles. The molecular formula is C14H28. The van der Waals surface area contributed by atoms with Gasteiger partial charge in [-0.15, -0.1) is 6.42 Å². The van der Waals surface area contributed by atoms with E-state index in [-0.39, 0.29) is 9.69 Å². The van der Waals surface area contributed by atoms with Crippen LogP contribution < -0.4 is 0 Å². The van der Waals surface area contributed by atoms with Gasteiger partial charge in [0.2, 0.25) is 0 Å². The third kappa shape index (κ3) is 2.33. The zero-order valence-electron chi connectivity index (χ0n) is 10.3. The molecule has 0 aliphatic carbocycles. The summed E-state index contributed by atoms with van der Waals surface area (Å²) in [5.74, 6) is 10.1. The van der Waals surface area contributed by atoms with Gasteiger partial charge in [-0.25, -0.2) is 0 Å². The predicted octanol–water partition coefficient (Wildman–Crippen LogP) is 4.32. The Bertz CT molecular complexity index is 252. The molecule has 0 bridgehead atoms. The fourth-order valence-electron chi connectivity index (χ4n) is 2.58. The van der Waals surface area contributed by atoms with Crippen molar-refractivity contribution in [3.05, 3.63) is 0 Å². The summed E-state index contributed by atoms with van der Waals surface area (Å²) in [6, 6.07) is 0. The van der Waals surface area contributed by atoms with Crippen LogP contribution in [0, 0.1) is 47.4 Å². The highest BCUT2D eigenvalue weighted by atomic mass is 14.4. The summed E-state index contributed by atoms with van der Waals surface area (Å²) in [6.07, 6.45) is 5.21. The highest BCUT2D eigenvalue weighted by Crippen LogP contribution is 2.42. The van der Waals surface area contributed by atoms with Crippen LogP contribution in [0.25, 0.3) is 0 Å². The molecule has 0 saturated carbocycles. The van der Waals surface area contributed by atoms with Crippen molar-refractivity contribution in [3.8, 4) is 24.2 Å². The maximum Gasteiger partial charge on any atom is 0.0393 e. The van der Waals surface area contributed by atoms with Gasteiger partial charge in [0.05, 0.1) is 0 Å². The largest absolute Gasteiger partial charge is 0.106 e. The monoisotopic (exact) mass is 196 g/mol. The van der Waals surface area contributed by atoms with Gasteiger partial charge >= 0.3 is 0 Å². The highest BCUT2D eigenvalue weighted by Gasteiger charge is 2.38. The lowest BCUT2D eigenvalue weighted by atomic mass is 9.63. The van der Waals surface area contributed by atoms with Crippen molar-refractivity contribution < 1.29 is 4.28 Å². The SMILES string of the molecule is C#CC#CC(C(C)C)(C(C)C)C(C)C.[HH].[HH].[HH]. The van der Waals surface area contributed by atoms with Crippen LogP contribution in [-0.4, -0.2) is 0 Å². The predicted molar refractivity (Wildman–Crippen MR) is 69.9 cm³/mol. The molecule has 0 spiro atoms. The van der Waals surface area contributed by atoms with Crippen LogP contribution in [-0.2, 0) is 0 Å². The molecular weight excluding hydrogens is 168 g/mol. The van der Waals surface area contributed by atoms with Gasteiger partial charge in [0.1, 0.15) is 0 Å². The molecule has 0 nitrogen and oxygen atoms in total. The number of rotatable bonds is 3. The Morgan fingerprint density at radius 2 is 1.29 bits per heavy atom. The summed E-state index contributed by atoms with van der Waals surface area (Å²) in [7, 11) is 0. The Balaban J connectivity index is -0.000000282. The average Bonchev–Trinajstić information content (AvgIpc) is 2.03. The minimum Gasteiger partial charge on any atom is -0.106 e. The van der Waals surface area contributed by atoms with E-state index in [1.54, 1.807) is 0 Å². The number of hydrogen-bond acceptors (Lipinski definition) is 0. The molecule has 0 N–H and O–H groups in total. The van der Waals surface area contributed by atoms with E-state index in [0.717, 1.165) is 0 Å². The zero-order valence-corrected chi connectivity index (χ0v) is 10.3. The van der Waals surface area contributed by atoms with Crippen LogP contribution >= 0.6 is 0 Å². The average molecular weight is 196 g/mol. The summed E-state index contributed by atoms with van der Waals surface area (Å²) in [4.78, 5) is 0. The second-order valence-corrected chi connectivity index (χ2v) is 4.79. The molecule has 0 heterocycles. The van der Waals surface area contributed by atoms with Crippen LogP contribution in [0.3, 0.4) is 0 Å². The van der Waals surface area contributed by atoms with Crippen LogP contribution in [0.15, 0.2) is 0 Å². The molecule has 0 saturated heterocycles. The summed E-state index contributed by atoms with van der Waals surface area (Å²) in [6.45, 7) is 13.4. The van der Waals surface area contributed by atoms with Gasteiger partial charge in [0.15, 0.2) is 0 Å². The topological polar surface area (TPSA) is 0 Å². The molecule has 0 unspecified atom stereocenters. The first-order valence-electron chi connectivity index (χ1n) is 5.37. The summed E-state index contributed by atoms with van der Waals surface area (Å²) in [5, 5.41) is 0. The van der Waals surface area contributed by atoms with Crippen LogP contribution in [0.4, 0.5) is 0 Å². The minimum atomic E-state index is 0. The molecule has 84 valence electrons.